The molecule has 7 N–H and O–H groups in total. The Morgan fingerprint density at radius 2 is 1.79 bits per heavy atom. The van der Waals surface area contributed by atoms with Crippen LogP contribution in [0.15, 0.2) is 70.6 Å². The molecule has 7 atom stereocenters. The van der Waals surface area contributed by atoms with E-state index in [9.17, 15) is 29.4 Å². The van der Waals surface area contributed by atoms with E-state index in [1.54, 1.807) is 0 Å². The first kappa shape index (κ1) is 50.5. The number of terminal acetylenes is 1. The molecule has 2 saturated carbocycles. The van der Waals surface area contributed by atoms with E-state index in [1.165, 1.54) is 50.2 Å². The molecule has 1 aromatic heterocycles. The van der Waals surface area contributed by atoms with Gasteiger partial charge >= 0.3 is 11.9 Å². The summed E-state index contributed by atoms with van der Waals surface area (Å²) in [5.74, 6) is 2.04. The third kappa shape index (κ3) is 15.3. The van der Waals surface area contributed by atoms with Crippen molar-refractivity contribution in [2.24, 2.45) is 33.9 Å². The number of benzene rings is 1. The molecule has 2 fully saturated rings. The molecule has 1 amide bonds. The Hall–Kier alpha value is -5.10. The first-order chi connectivity index (χ1) is 29.7. The van der Waals surface area contributed by atoms with Crippen molar-refractivity contribution in [1.82, 2.24) is 15.3 Å². The topological polar surface area (TPSA) is 230 Å². The Balaban J connectivity index is 0.000000208. The molecule has 4 unspecified atom stereocenters. The number of esters is 1. The average molecular weight is 870 g/mol. The first-order valence-corrected chi connectivity index (χ1v) is 22.1. The van der Waals surface area contributed by atoms with Crippen LogP contribution in [0.1, 0.15) is 118 Å². The van der Waals surface area contributed by atoms with Crippen LogP contribution >= 0.6 is 0 Å². The molecule has 0 bridgehead atoms. The van der Waals surface area contributed by atoms with Crippen molar-refractivity contribution in [2.75, 3.05) is 6.61 Å². The second-order valence-corrected chi connectivity index (χ2v) is 18.9. The van der Waals surface area contributed by atoms with Crippen molar-refractivity contribution in [1.29, 1.82) is 0 Å². The normalized spacial score (nSPS) is 22.8. The van der Waals surface area contributed by atoms with E-state index in [0.717, 1.165) is 17.6 Å². The molecular weight excluding hydrogens is 801 g/mol. The summed E-state index contributed by atoms with van der Waals surface area (Å²) in [6.07, 6.45) is 17.9. The number of aliphatic hydroxyl groups excluding tert-OH is 1. The molecule has 0 spiro atoms. The number of hydrogen-bond donors (Lipinski definition) is 5. The smallest absolute Gasteiger partial charge is 0.326 e. The Morgan fingerprint density at radius 3 is 2.37 bits per heavy atom. The van der Waals surface area contributed by atoms with E-state index in [1.807, 2.05) is 65.0 Å². The Morgan fingerprint density at radius 1 is 1.11 bits per heavy atom. The van der Waals surface area contributed by atoms with Gasteiger partial charge in [0.1, 0.15) is 18.8 Å². The number of rotatable bonds is 16. The Bertz CT molecular complexity index is 1990. The molecule has 0 radical (unpaired) electrons. The van der Waals surface area contributed by atoms with E-state index in [0.29, 0.717) is 49.0 Å². The van der Waals surface area contributed by atoms with E-state index < -0.39 is 42.2 Å². The second kappa shape index (κ2) is 23.0. The number of nitrogens with zero attached hydrogens (tertiary/aromatic N) is 2. The predicted molar refractivity (Wildman–Crippen MR) is 243 cm³/mol. The number of ether oxygens (including phenoxy) is 2. The van der Waals surface area contributed by atoms with Crippen LogP contribution in [0.3, 0.4) is 0 Å². The molecule has 0 saturated heterocycles. The molecule has 1 aliphatic heterocycles. The maximum atomic E-state index is 12.5. The lowest BCUT2D eigenvalue weighted by Gasteiger charge is -2.32. The number of aliphatic hydroxyl groups is 1. The molecule has 4 aliphatic rings. The zero-order chi connectivity index (χ0) is 46.5. The number of nitrogens with one attached hydrogen (secondary N) is 3. The van der Waals surface area contributed by atoms with Crippen molar-refractivity contribution >= 4 is 29.5 Å². The van der Waals surface area contributed by atoms with Crippen LogP contribution in [0, 0.1) is 35.5 Å². The van der Waals surface area contributed by atoms with Crippen molar-refractivity contribution in [3.05, 3.63) is 82.6 Å². The number of amides is 1. The first-order valence-electron chi connectivity index (χ1n) is 22.1. The third-order valence-corrected chi connectivity index (χ3v) is 12.3. The number of imidazole rings is 1. The highest BCUT2D eigenvalue weighted by atomic mass is 16.5. The van der Waals surface area contributed by atoms with E-state index in [2.05, 4.69) is 46.1 Å². The van der Waals surface area contributed by atoms with Crippen LogP contribution in [0.5, 0.6) is 0 Å². The molecule has 3 aliphatic carbocycles. The van der Waals surface area contributed by atoms with Crippen LogP contribution < -0.4 is 11.1 Å². The molecule has 1 aromatic carbocycles. The van der Waals surface area contributed by atoms with Gasteiger partial charge in [0.15, 0.2) is 11.7 Å². The number of hydrogen-bond acceptors (Lipinski definition) is 10. The van der Waals surface area contributed by atoms with E-state index in [4.69, 9.17) is 27.4 Å². The van der Waals surface area contributed by atoms with E-state index >= 15 is 0 Å². The minimum Gasteiger partial charge on any atom is -0.673 e. The highest BCUT2D eigenvalue weighted by molar-refractivity contribution is 6.00. The maximum absolute atomic E-state index is 12.5. The van der Waals surface area contributed by atoms with Gasteiger partial charge in [-0.05, 0) is 69.4 Å². The van der Waals surface area contributed by atoms with Gasteiger partial charge in [0, 0.05) is 42.8 Å². The number of aromatic nitrogens is 2. The average Bonchev–Trinajstić information content (AvgIpc) is 3.66. The fourth-order valence-electron chi connectivity index (χ4n) is 8.42. The molecule has 63 heavy (non-hydrogen) atoms. The second-order valence-electron chi connectivity index (χ2n) is 18.9. The predicted octanol–water partition coefficient (Wildman–Crippen LogP) is 6.88. The fourth-order valence-corrected chi connectivity index (χ4v) is 8.42. The van der Waals surface area contributed by atoms with Crippen molar-refractivity contribution in [2.45, 2.75) is 155 Å². The number of ketones is 1. The zero-order valence-corrected chi connectivity index (χ0v) is 38.1. The minimum atomic E-state index is -1.12. The van der Waals surface area contributed by atoms with Crippen LogP contribution in [0.2, 0.25) is 0 Å². The molecule has 2 aromatic rings. The summed E-state index contributed by atoms with van der Waals surface area (Å²) in [5.41, 5.74) is 17.9. The number of aliphatic carboxylic acids is 1. The molecular formula is C49H69N6O8-. The number of carboxylic acid groups (broad SMARTS) is 1. The largest absolute Gasteiger partial charge is 0.673 e. The lowest BCUT2D eigenvalue weighted by molar-refractivity contribution is -0.150. The number of carboxylic acids is 1. The fraction of sp³-hybridized carbons (Fsp3) is 0.592. The highest BCUT2D eigenvalue weighted by Crippen LogP contribution is 2.60. The number of Topliss-reactive ketones (excluding diaryl/α,β-unsaturated/α-hetero) is 1. The summed E-state index contributed by atoms with van der Waals surface area (Å²) in [6, 6.07) is 7.08. The molecule has 344 valence electrons. The van der Waals surface area contributed by atoms with Gasteiger partial charge in [0.25, 0.3) is 0 Å². The summed E-state index contributed by atoms with van der Waals surface area (Å²) in [4.78, 5) is 58.8. The van der Waals surface area contributed by atoms with Gasteiger partial charge in [-0.15, -0.1) is 18.4 Å². The van der Waals surface area contributed by atoms with Crippen molar-refractivity contribution in [3.8, 4) is 12.3 Å². The summed E-state index contributed by atoms with van der Waals surface area (Å²) in [5, 5.41) is 21.8. The van der Waals surface area contributed by atoms with Gasteiger partial charge in [0.2, 0.25) is 5.91 Å². The Labute approximate surface area is 373 Å². The van der Waals surface area contributed by atoms with Gasteiger partial charge in [-0.2, -0.15) is 0 Å². The lowest BCUT2D eigenvalue weighted by Crippen LogP contribution is -2.50. The lowest BCUT2D eigenvalue weighted by atomic mass is 9.83. The number of H-pyrrole nitrogens is 1. The van der Waals surface area contributed by atoms with Gasteiger partial charge in [-0.25, -0.2) is 14.8 Å². The van der Waals surface area contributed by atoms with Gasteiger partial charge in [-0.1, -0.05) is 94.4 Å². The third-order valence-electron chi connectivity index (χ3n) is 12.3. The number of carbonyl (C=O) groups is 4. The van der Waals surface area contributed by atoms with Gasteiger partial charge in [0.05, 0.1) is 30.2 Å². The zero-order valence-electron chi connectivity index (χ0n) is 38.1. The number of allylic oxidation sites excluding steroid dienone is 3. The molecule has 14 nitrogen and oxygen atoms in total. The SMILES string of the molecule is C#CCC1=C(C)C(OC(=O)C2C(C=C(C)C)C2(C)C)CC1=O.CC1(C)COC(CC(O)[C@@H]([NH-])CC2CCCCC2)=N1.N[C@@H](Cc1ccccc1)C(=O)N[C@@H](Cc1cnc[nH]1)C(=O)O. The van der Waals surface area contributed by atoms with Crippen LogP contribution in [-0.2, 0) is 41.5 Å². The summed E-state index contributed by atoms with van der Waals surface area (Å²) >= 11 is 0. The Kier molecular flexibility index (Phi) is 18.5. The van der Waals surface area contributed by atoms with Crippen molar-refractivity contribution in [3.63, 3.8) is 0 Å². The monoisotopic (exact) mass is 870 g/mol. The molecule has 2 heterocycles. The number of aromatic amines is 1. The van der Waals surface area contributed by atoms with Crippen molar-refractivity contribution < 1.29 is 38.9 Å². The summed E-state index contributed by atoms with van der Waals surface area (Å²) in [7, 11) is 0. The van der Waals surface area contributed by atoms with Gasteiger partial charge < -0.3 is 41.5 Å². The standard InChI is InChI=1S/C19H24O3.C15H18N4O3.C15H27N2O2/c1-7-8-13-12(4)16(10-15(13)20)22-18(21)17-14(9-11(2)3)19(17,5)6;16-12(6-10-4-2-1-3-5-10)14(20)19-13(15(21)22)7-11-8-17-9-18-11;1-15(2)10-19-14(17-15)9-13(18)12(16)8-11-6-4-3-5-7-11/h1,9,14,16-17H,8,10H2,2-6H3;1-5,8-9,12-13H,6-7,16H2,(H,17,18)(H,19,20)(H,21,22);11-13,16,18H,3-10H2,1-2H3/q;;-1/t;12-,13-;12-,13?/m.00/s1. The van der Waals surface area contributed by atoms with Crippen LogP contribution in [-0.4, -0.2) is 92.2 Å². The molecule has 14 heteroatoms. The van der Waals surface area contributed by atoms with Crippen LogP contribution in [0.4, 0.5) is 0 Å². The number of nitrogens with two attached hydrogens (primary N) is 1. The number of aliphatic imine (C=N–C) groups is 1. The van der Waals surface area contributed by atoms with Crippen LogP contribution in [0.25, 0.3) is 5.73 Å². The highest BCUT2D eigenvalue weighted by Gasteiger charge is 2.61. The van der Waals surface area contributed by atoms with E-state index in [-0.39, 0.29) is 47.4 Å². The summed E-state index contributed by atoms with van der Waals surface area (Å²) < 4.78 is 11.1. The summed E-state index contributed by atoms with van der Waals surface area (Å²) in [6.45, 7) is 14.7. The number of carbonyl (C=O) groups excluding carboxylic acids is 3. The van der Waals surface area contributed by atoms with Gasteiger partial charge in [-0.3, -0.25) is 14.4 Å². The quantitative estimate of drug-likeness (QED) is 0.0667. The minimum absolute atomic E-state index is 0.00385. The maximum Gasteiger partial charge on any atom is 0.326 e. The molecule has 6 rings (SSSR count).